The van der Waals surface area contributed by atoms with Crippen LogP contribution in [0, 0.1) is 47.4 Å². The van der Waals surface area contributed by atoms with Gasteiger partial charge in [0.25, 0.3) is 0 Å². The van der Waals surface area contributed by atoms with Crippen molar-refractivity contribution in [2.45, 2.75) is 97.8 Å². The molecule has 0 radical (unpaired) electrons. The number of rotatable bonds is 13. The fourth-order valence-corrected chi connectivity index (χ4v) is 2.48. The third kappa shape index (κ3) is 20.4. The van der Waals surface area contributed by atoms with Gasteiger partial charge in [-0.1, -0.05) is 89.4 Å². The molecule has 0 heterocycles. The molecule has 0 fully saturated rings. The van der Waals surface area contributed by atoms with Crippen molar-refractivity contribution >= 4 is 0 Å². The van der Waals surface area contributed by atoms with E-state index < -0.39 is 0 Å². The molecule has 0 spiro atoms. The summed E-state index contributed by atoms with van der Waals surface area (Å²) in [4.78, 5) is 2.29. The summed E-state index contributed by atoms with van der Waals surface area (Å²) in [6.45, 7) is 9.19. The standard InChI is InChI=1S/C26H39N/c1-4-7-10-12-14-16-18-20-22-25-27(24-9-6-3)26-23-21-19-17-15-13-11-8-5-2/h4-15,24-26H2,1-3H3. The Balaban J connectivity index is 4.15. The topological polar surface area (TPSA) is 3.24 Å². The Morgan fingerprint density at radius 2 is 0.926 bits per heavy atom. The molecule has 0 saturated heterocycles. The van der Waals surface area contributed by atoms with E-state index in [4.69, 9.17) is 0 Å². The van der Waals surface area contributed by atoms with Gasteiger partial charge in [0, 0.05) is 19.4 Å². The molecule has 0 bridgehead atoms. The Kier molecular flexibility index (Phi) is 20.8. The van der Waals surface area contributed by atoms with Crippen LogP contribution >= 0.6 is 0 Å². The number of nitrogens with zero attached hydrogens (tertiary/aromatic N) is 1. The van der Waals surface area contributed by atoms with Crippen molar-refractivity contribution in [1.82, 2.24) is 4.90 Å². The minimum Gasteiger partial charge on any atom is -0.281 e. The predicted molar refractivity (Wildman–Crippen MR) is 120 cm³/mol. The van der Waals surface area contributed by atoms with E-state index in [0.717, 1.165) is 32.5 Å². The first-order chi connectivity index (χ1) is 13.3. The van der Waals surface area contributed by atoms with Crippen LogP contribution in [0.25, 0.3) is 0 Å². The van der Waals surface area contributed by atoms with Crippen molar-refractivity contribution in [1.29, 1.82) is 0 Å². The van der Waals surface area contributed by atoms with Crippen molar-refractivity contribution in [2.75, 3.05) is 19.6 Å². The Labute approximate surface area is 170 Å². The lowest BCUT2D eigenvalue weighted by molar-refractivity contribution is 0.338. The first-order valence-corrected chi connectivity index (χ1v) is 11.0. The monoisotopic (exact) mass is 365 g/mol. The summed E-state index contributed by atoms with van der Waals surface area (Å²) in [7, 11) is 0. The predicted octanol–water partition coefficient (Wildman–Crippen LogP) is 6.04. The van der Waals surface area contributed by atoms with Gasteiger partial charge in [-0.25, -0.2) is 0 Å². The first-order valence-electron chi connectivity index (χ1n) is 11.0. The average Bonchev–Trinajstić information content (AvgIpc) is 2.68. The molecule has 148 valence electrons. The van der Waals surface area contributed by atoms with E-state index in [-0.39, 0.29) is 0 Å². The Morgan fingerprint density at radius 1 is 0.481 bits per heavy atom. The molecule has 1 heteroatoms. The van der Waals surface area contributed by atoms with Crippen molar-refractivity contribution in [3.05, 3.63) is 0 Å². The van der Waals surface area contributed by atoms with Crippen molar-refractivity contribution in [3.63, 3.8) is 0 Å². The maximum Gasteiger partial charge on any atom is 0.0620 e. The van der Waals surface area contributed by atoms with Crippen LogP contribution in [0.2, 0.25) is 0 Å². The molecule has 0 aromatic carbocycles. The summed E-state index contributed by atoms with van der Waals surface area (Å²) in [6.07, 6.45) is 14.4. The highest BCUT2D eigenvalue weighted by atomic mass is 15.1. The highest BCUT2D eigenvalue weighted by Gasteiger charge is 1.99. The summed E-state index contributed by atoms with van der Waals surface area (Å²) >= 11 is 0. The second kappa shape index (κ2) is 22.2. The summed E-state index contributed by atoms with van der Waals surface area (Å²) in [5.41, 5.74) is 0. The lowest BCUT2D eigenvalue weighted by Crippen LogP contribution is -2.25. The highest BCUT2D eigenvalue weighted by Crippen LogP contribution is 2.01. The van der Waals surface area contributed by atoms with Crippen LogP contribution in [0.3, 0.4) is 0 Å². The third-order valence-electron chi connectivity index (χ3n) is 4.22. The normalized spacial score (nSPS) is 9.19. The van der Waals surface area contributed by atoms with Crippen LogP contribution in [-0.4, -0.2) is 24.5 Å². The van der Waals surface area contributed by atoms with Gasteiger partial charge < -0.3 is 0 Å². The molecule has 1 nitrogen and oxygen atoms in total. The molecule has 0 aliphatic rings. The van der Waals surface area contributed by atoms with E-state index in [1.165, 1.54) is 64.2 Å². The first kappa shape index (κ1) is 25.2. The molecule has 0 rings (SSSR count). The zero-order valence-corrected chi connectivity index (χ0v) is 18.1. The largest absolute Gasteiger partial charge is 0.281 e. The lowest BCUT2D eigenvalue weighted by Gasteiger charge is -2.15. The molecule has 0 atom stereocenters. The molecule has 27 heavy (non-hydrogen) atoms. The Bertz CT molecular complexity index is 521. The van der Waals surface area contributed by atoms with Crippen LogP contribution in [0.1, 0.15) is 97.8 Å². The van der Waals surface area contributed by atoms with Crippen LogP contribution in [-0.2, 0) is 0 Å². The minimum absolute atomic E-state index is 0.740. The Morgan fingerprint density at radius 3 is 1.37 bits per heavy atom. The summed E-state index contributed by atoms with van der Waals surface area (Å²) in [6, 6.07) is 0. The molecule has 0 saturated carbocycles. The zero-order valence-electron chi connectivity index (χ0n) is 18.1. The van der Waals surface area contributed by atoms with Gasteiger partial charge in [-0.3, -0.25) is 4.90 Å². The number of unbranched alkanes of at least 4 members (excludes halogenated alkanes) is 9. The van der Waals surface area contributed by atoms with E-state index in [1.54, 1.807) is 0 Å². The van der Waals surface area contributed by atoms with Gasteiger partial charge in [0.05, 0.1) is 13.1 Å². The smallest absolute Gasteiger partial charge is 0.0620 e. The third-order valence-corrected chi connectivity index (χ3v) is 4.22. The molecule has 0 N–H and O–H groups in total. The van der Waals surface area contributed by atoms with Crippen molar-refractivity contribution in [2.24, 2.45) is 0 Å². The molecular formula is C26H39N. The van der Waals surface area contributed by atoms with Crippen LogP contribution in [0.15, 0.2) is 0 Å². The second-order valence-corrected chi connectivity index (χ2v) is 6.89. The minimum atomic E-state index is 0.740. The Hall–Kier alpha value is -1.80. The molecule has 0 unspecified atom stereocenters. The van der Waals surface area contributed by atoms with E-state index in [1.807, 2.05) is 0 Å². The molecule has 0 aromatic heterocycles. The summed E-state index contributed by atoms with van der Waals surface area (Å²) in [5.74, 6) is 24.6. The highest BCUT2D eigenvalue weighted by molar-refractivity contribution is 5.27. The number of hydrogen-bond acceptors (Lipinski definition) is 1. The van der Waals surface area contributed by atoms with E-state index in [2.05, 4.69) is 73.0 Å². The zero-order chi connectivity index (χ0) is 19.8. The number of hydrogen-bond donors (Lipinski definition) is 0. The van der Waals surface area contributed by atoms with Crippen LogP contribution < -0.4 is 0 Å². The van der Waals surface area contributed by atoms with Gasteiger partial charge in [0.1, 0.15) is 0 Å². The molecular weight excluding hydrogens is 326 g/mol. The van der Waals surface area contributed by atoms with Crippen LogP contribution in [0.5, 0.6) is 0 Å². The lowest BCUT2D eigenvalue weighted by atomic mass is 10.2. The molecule has 0 aliphatic carbocycles. The fraction of sp³-hybridized carbons (Fsp3) is 0.692. The van der Waals surface area contributed by atoms with Gasteiger partial charge in [0.2, 0.25) is 0 Å². The molecule has 0 aliphatic heterocycles. The summed E-state index contributed by atoms with van der Waals surface area (Å²) in [5, 5.41) is 0. The SMILES string of the molecule is CCCCCCC#CC#CCN(CC#CC#CCCCCCC)CCCC. The van der Waals surface area contributed by atoms with Crippen molar-refractivity contribution in [3.8, 4) is 47.4 Å². The van der Waals surface area contributed by atoms with Gasteiger partial charge >= 0.3 is 0 Å². The van der Waals surface area contributed by atoms with E-state index in [9.17, 15) is 0 Å². The fourth-order valence-electron chi connectivity index (χ4n) is 2.48. The average molecular weight is 366 g/mol. The van der Waals surface area contributed by atoms with E-state index in [0.29, 0.717) is 0 Å². The molecule has 0 aromatic rings. The molecule has 0 amide bonds. The summed E-state index contributed by atoms with van der Waals surface area (Å²) < 4.78 is 0. The maximum absolute atomic E-state index is 3.18. The van der Waals surface area contributed by atoms with Crippen molar-refractivity contribution < 1.29 is 0 Å². The van der Waals surface area contributed by atoms with Gasteiger partial charge in [0.15, 0.2) is 0 Å². The second-order valence-electron chi connectivity index (χ2n) is 6.89. The van der Waals surface area contributed by atoms with Gasteiger partial charge in [-0.2, -0.15) is 0 Å². The van der Waals surface area contributed by atoms with Crippen LogP contribution in [0.4, 0.5) is 0 Å². The van der Waals surface area contributed by atoms with Gasteiger partial charge in [-0.15, -0.1) is 0 Å². The maximum atomic E-state index is 3.18. The van der Waals surface area contributed by atoms with Gasteiger partial charge in [-0.05, 0) is 42.9 Å². The van der Waals surface area contributed by atoms with E-state index >= 15 is 0 Å². The quantitative estimate of drug-likeness (QED) is 0.284.